The van der Waals surface area contributed by atoms with Crippen molar-refractivity contribution in [2.75, 3.05) is 6.61 Å². The summed E-state index contributed by atoms with van der Waals surface area (Å²) in [7, 11) is 0. The maximum absolute atomic E-state index is 5.52. The van der Waals surface area contributed by atoms with E-state index in [2.05, 4.69) is 19.3 Å². The minimum atomic E-state index is 0.280. The molecule has 0 heterocycles. The summed E-state index contributed by atoms with van der Waals surface area (Å²) in [4.78, 5) is 0. The Labute approximate surface area is 82.0 Å². The van der Waals surface area contributed by atoms with E-state index < -0.39 is 0 Å². The highest BCUT2D eigenvalue weighted by molar-refractivity contribution is 4.70. The average Bonchev–Trinajstić information content (AvgIpc) is 2.05. The number of nitrogens with one attached hydrogen (secondary N) is 1. The average molecular weight is 188 g/mol. The van der Waals surface area contributed by atoms with Gasteiger partial charge in [0.05, 0.1) is 12.7 Å². The lowest BCUT2D eigenvalue weighted by molar-refractivity contribution is 0.0490. The quantitative estimate of drug-likeness (QED) is 0.472. The maximum Gasteiger partial charge on any atom is 0.0639 e. The molecule has 0 aromatic rings. The fourth-order valence-corrected chi connectivity index (χ4v) is 1.33. The van der Waals surface area contributed by atoms with Crippen LogP contribution in [0.2, 0.25) is 0 Å². The smallest absolute Gasteiger partial charge is 0.0639 e. The Morgan fingerprint density at radius 2 is 1.92 bits per heavy atom. The molecule has 0 aromatic heterocycles. The van der Waals surface area contributed by atoms with Crippen molar-refractivity contribution in [3.8, 4) is 0 Å². The van der Waals surface area contributed by atoms with Crippen LogP contribution in [0.3, 0.4) is 0 Å². The lowest BCUT2D eigenvalue weighted by Crippen LogP contribution is -2.43. The molecule has 0 saturated heterocycles. The Kier molecular flexibility index (Phi) is 7.23. The van der Waals surface area contributed by atoms with Gasteiger partial charge in [-0.3, -0.25) is 11.3 Å². The monoisotopic (exact) mass is 188 g/mol. The molecule has 13 heavy (non-hydrogen) atoms. The highest BCUT2D eigenvalue weighted by Gasteiger charge is 2.15. The standard InChI is InChI=1S/C10H24N2O/c1-5-6-9(4)10(12-11)7-13-8(2)3/h8-10,12H,5-7,11H2,1-4H3. The van der Waals surface area contributed by atoms with E-state index in [9.17, 15) is 0 Å². The lowest BCUT2D eigenvalue weighted by Gasteiger charge is -2.23. The molecule has 0 aliphatic heterocycles. The first kappa shape index (κ1) is 12.9. The molecule has 2 unspecified atom stereocenters. The van der Waals surface area contributed by atoms with Crippen LogP contribution in [0.4, 0.5) is 0 Å². The van der Waals surface area contributed by atoms with Gasteiger partial charge in [0.25, 0.3) is 0 Å². The van der Waals surface area contributed by atoms with E-state index >= 15 is 0 Å². The van der Waals surface area contributed by atoms with Crippen LogP contribution in [0.25, 0.3) is 0 Å². The molecular weight excluding hydrogens is 164 g/mol. The van der Waals surface area contributed by atoms with Crippen molar-refractivity contribution in [2.45, 2.75) is 52.7 Å². The van der Waals surface area contributed by atoms with Gasteiger partial charge in [0.1, 0.15) is 0 Å². The molecule has 0 fully saturated rings. The maximum atomic E-state index is 5.52. The summed E-state index contributed by atoms with van der Waals surface area (Å²) < 4.78 is 5.52. The summed E-state index contributed by atoms with van der Waals surface area (Å²) in [5, 5.41) is 0. The van der Waals surface area contributed by atoms with Gasteiger partial charge in [0.15, 0.2) is 0 Å². The molecule has 2 atom stereocenters. The van der Waals surface area contributed by atoms with Crippen molar-refractivity contribution in [3.05, 3.63) is 0 Å². The van der Waals surface area contributed by atoms with Crippen molar-refractivity contribution in [1.82, 2.24) is 5.43 Å². The van der Waals surface area contributed by atoms with Gasteiger partial charge in [0, 0.05) is 6.04 Å². The minimum Gasteiger partial charge on any atom is -0.377 e. The molecule has 3 nitrogen and oxygen atoms in total. The molecule has 0 amide bonds. The van der Waals surface area contributed by atoms with E-state index in [1.54, 1.807) is 0 Å². The SMILES string of the molecule is CCCC(C)C(COC(C)C)NN. The predicted octanol–water partition coefficient (Wildman–Crippen LogP) is 1.68. The summed E-state index contributed by atoms with van der Waals surface area (Å²) in [5.74, 6) is 6.04. The molecule has 0 radical (unpaired) electrons. The fraction of sp³-hybridized carbons (Fsp3) is 1.00. The van der Waals surface area contributed by atoms with Crippen molar-refractivity contribution >= 4 is 0 Å². The van der Waals surface area contributed by atoms with E-state index in [4.69, 9.17) is 10.6 Å². The Morgan fingerprint density at radius 1 is 1.31 bits per heavy atom. The number of hydrogen-bond acceptors (Lipinski definition) is 3. The molecule has 0 rings (SSSR count). The van der Waals surface area contributed by atoms with Gasteiger partial charge in [-0.15, -0.1) is 0 Å². The molecule has 0 saturated carbocycles. The summed E-state index contributed by atoms with van der Waals surface area (Å²) >= 11 is 0. The Morgan fingerprint density at radius 3 is 2.31 bits per heavy atom. The molecule has 80 valence electrons. The van der Waals surface area contributed by atoms with Crippen LogP contribution in [-0.2, 0) is 4.74 Å². The molecule has 3 N–H and O–H groups in total. The van der Waals surface area contributed by atoms with Gasteiger partial charge in [-0.1, -0.05) is 20.3 Å². The van der Waals surface area contributed by atoms with Crippen LogP contribution in [0.1, 0.15) is 40.5 Å². The number of hydrogen-bond donors (Lipinski definition) is 2. The second-order valence-electron chi connectivity index (χ2n) is 3.92. The van der Waals surface area contributed by atoms with E-state index in [0.29, 0.717) is 12.5 Å². The highest BCUT2D eigenvalue weighted by Crippen LogP contribution is 2.10. The van der Waals surface area contributed by atoms with E-state index in [1.165, 1.54) is 12.8 Å². The van der Waals surface area contributed by atoms with Crippen LogP contribution >= 0.6 is 0 Å². The summed E-state index contributed by atoms with van der Waals surface area (Å²) in [6.45, 7) is 9.18. The Balaban J connectivity index is 3.73. The Hall–Kier alpha value is -0.120. The first-order chi connectivity index (χ1) is 6.11. The van der Waals surface area contributed by atoms with Crippen LogP contribution < -0.4 is 11.3 Å². The predicted molar refractivity (Wildman–Crippen MR) is 56.3 cm³/mol. The van der Waals surface area contributed by atoms with Crippen molar-refractivity contribution in [3.63, 3.8) is 0 Å². The molecule has 0 aromatic carbocycles. The summed E-state index contributed by atoms with van der Waals surface area (Å²) in [5.41, 5.74) is 2.82. The van der Waals surface area contributed by atoms with E-state index in [0.717, 1.165) is 0 Å². The number of hydrazine groups is 1. The molecule has 0 aliphatic carbocycles. The van der Waals surface area contributed by atoms with Crippen molar-refractivity contribution in [1.29, 1.82) is 0 Å². The molecule has 0 bridgehead atoms. The van der Waals surface area contributed by atoms with E-state index in [1.807, 2.05) is 13.8 Å². The summed E-state index contributed by atoms with van der Waals surface area (Å²) in [6, 6.07) is 0.280. The van der Waals surface area contributed by atoms with Gasteiger partial charge >= 0.3 is 0 Å². The largest absolute Gasteiger partial charge is 0.377 e. The number of rotatable bonds is 7. The third-order valence-corrected chi connectivity index (χ3v) is 2.25. The molecule has 3 heteroatoms. The van der Waals surface area contributed by atoms with Crippen LogP contribution in [0.15, 0.2) is 0 Å². The summed E-state index contributed by atoms with van der Waals surface area (Å²) in [6.07, 6.45) is 2.67. The zero-order valence-corrected chi connectivity index (χ0v) is 9.34. The van der Waals surface area contributed by atoms with Crippen LogP contribution in [0, 0.1) is 5.92 Å². The third-order valence-electron chi connectivity index (χ3n) is 2.25. The number of ether oxygens (including phenoxy) is 1. The highest BCUT2D eigenvalue weighted by atomic mass is 16.5. The fourth-order valence-electron chi connectivity index (χ4n) is 1.33. The first-order valence-corrected chi connectivity index (χ1v) is 5.19. The van der Waals surface area contributed by atoms with Crippen LogP contribution in [0.5, 0.6) is 0 Å². The van der Waals surface area contributed by atoms with Crippen LogP contribution in [-0.4, -0.2) is 18.8 Å². The minimum absolute atomic E-state index is 0.280. The van der Waals surface area contributed by atoms with Gasteiger partial charge in [-0.2, -0.15) is 0 Å². The first-order valence-electron chi connectivity index (χ1n) is 5.19. The Bertz CT molecular complexity index is 117. The second-order valence-corrected chi connectivity index (χ2v) is 3.92. The van der Waals surface area contributed by atoms with E-state index in [-0.39, 0.29) is 12.1 Å². The zero-order chi connectivity index (χ0) is 10.3. The van der Waals surface area contributed by atoms with Gasteiger partial charge in [-0.25, -0.2) is 0 Å². The molecule has 0 spiro atoms. The normalized spacial score (nSPS) is 16.2. The van der Waals surface area contributed by atoms with Crippen molar-refractivity contribution < 1.29 is 4.74 Å². The topological polar surface area (TPSA) is 47.3 Å². The third kappa shape index (κ3) is 6.02. The van der Waals surface area contributed by atoms with Gasteiger partial charge < -0.3 is 4.74 Å². The van der Waals surface area contributed by atoms with Crippen molar-refractivity contribution in [2.24, 2.45) is 11.8 Å². The molecule has 0 aliphatic rings. The second kappa shape index (κ2) is 7.30. The van der Waals surface area contributed by atoms with Gasteiger partial charge in [0.2, 0.25) is 0 Å². The number of nitrogens with two attached hydrogens (primary N) is 1. The lowest BCUT2D eigenvalue weighted by atomic mass is 9.98. The van der Waals surface area contributed by atoms with Gasteiger partial charge in [-0.05, 0) is 26.2 Å². The zero-order valence-electron chi connectivity index (χ0n) is 9.34. The molecular formula is C10H24N2O.